The molecule has 1 aliphatic rings. The standard InChI is InChI=1S/C11H13B2FN4O/c1-6(2)8-11(12,13)17(3)10(19)18(8)7-4-5-15-9(14)16-7/h4-6,8H,1-3H3. The lowest BCUT2D eigenvalue weighted by atomic mass is 9.55. The van der Waals surface area contributed by atoms with Gasteiger partial charge >= 0.3 is 12.1 Å². The van der Waals surface area contributed by atoms with Crippen LogP contribution in [0.1, 0.15) is 13.8 Å². The van der Waals surface area contributed by atoms with E-state index < -0.39 is 23.5 Å². The van der Waals surface area contributed by atoms with Crippen LogP contribution in [-0.2, 0) is 0 Å². The molecule has 2 heterocycles. The largest absolute Gasteiger partial charge is 0.337 e. The van der Waals surface area contributed by atoms with Gasteiger partial charge in [-0.2, -0.15) is 9.37 Å². The minimum Gasteiger partial charge on any atom is -0.337 e. The van der Waals surface area contributed by atoms with E-state index in [-0.39, 0.29) is 11.7 Å². The van der Waals surface area contributed by atoms with Crippen molar-refractivity contribution in [3.63, 3.8) is 0 Å². The second kappa shape index (κ2) is 4.51. The molecule has 0 bridgehead atoms. The molecule has 1 saturated heterocycles. The van der Waals surface area contributed by atoms with Gasteiger partial charge in [-0.25, -0.2) is 9.78 Å². The molecule has 19 heavy (non-hydrogen) atoms. The van der Waals surface area contributed by atoms with Crippen LogP contribution >= 0.6 is 0 Å². The number of amides is 2. The molecule has 1 aromatic rings. The Morgan fingerprint density at radius 1 is 1.47 bits per heavy atom. The van der Waals surface area contributed by atoms with Gasteiger partial charge < -0.3 is 4.90 Å². The van der Waals surface area contributed by atoms with E-state index in [0.717, 1.165) is 0 Å². The summed E-state index contributed by atoms with van der Waals surface area (Å²) >= 11 is 0. The number of carbonyl (C=O) groups is 1. The van der Waals surface area contributed by atoms with Crippen molar-refractivity contribution in [3.05, 3.63) is 18.3 Å². The molecule has 4 radical (unpaired) electrons. The number of anilines is 1. The third-order valence-electron chi connectivity index (χ3n) is 3.32. The van der Waals surface area contributed by atoms with Gasteiger partial charge in [0.25, 0.3) is 0 Å². The van der Waals surface area contributed by atoms with Crippen molar-refractivity contribution in [1.29, 1.82) is 0 Å². The average Bonchev–Trinajstić information content (AvgIpc) is 2.49. The highest BCUT2D eigenvalue weighted by molar-refractivity contribution is 6.43. The van der Waals surface area contributed by atoms with E-state index >= 15 is 0 Å². The van der Waals surface area contributed by atoms with Crippen LogP contribution in [-0.4, -0.2) is 55.0 Å². The van der Waals surface area contributed by atoms with Gasteiger partial charge in [-0.15, -0.1) is 0 Å². The van der Waals surface area contributed by atoms with Gasteiger partial charge in [-0.3, -0.25) is 4.90 Å². The number of aromatic nitrogens is 2. The summed E-state index contributed by atoms with van der Waals surface area (Å²) in [6, 6.07) is 0.520. The van der Waals surface area contributed by atoms with Crippen LogP contribution in [0.25, 0.3) is 0 Å². The maximum Gasteiger partial charge on any atom is 0.324 e. The van der Waals surface area contributed by atoms with E-state index in [4.69, 9.17) is 15.7 Å². The van der Waals surface area contributed by atoms with E-state index in [1.807, 2.05) is 13.8 Å². The fourth-order valence-corrected chi connectivity index (χ4v) is 2.38. The Morgan fingerprint density at radius 2 is 2.11 bits per heavy atom. The third-order valence-corrected chi connectivity index (χ3v) is 3.32. The van der Waals surface area contributed by atoms with Crippen molar-refractivity contribution in [1.82, 2.24) is 14.9 Å². The SMILES string of the molecule is [B]C1([B])C(C(C)C)N(c2ccnc(F)n2)C(=O)N1C. The Hall–Kier alpha value is -1.59. The maximum atomic E-state index is 13.1. The highest BCUT2D eigenvalue weighted by Gasteiger charge is 2.50. The number of hydrogen-bond acceptors (Lipinski definition) is 3. The molecule has 1 atom stereocenters. The topological polar surface area (TPSA) is 49.3 Å². The maximum absolute atomic E-state index is 13.1. The average molecular weight is 258 g/mol. The summed E-state index contributed by atoms with van der Waals surface area (Å²) in [6.45, 7) is 3.77. The summed E-state index contributed by atoms with van der Waals surface area (Å²) < 4.78 is 13.1. The molecule has 1 aliphatic heterocycles. The van der Waals surface area contributed by atoms with Crippen LogP contribution in [0.3, 0.4) is 0 Å². The summed E-state index contributed by atoms with van der Waals surface area (Å²) in [5.41, 5.74) is 0. The monoisotopic (exact) mass is 258 g/mol. The number of rotatable bonds is 2. The van der Waals surface area contributed by atoms with Crippen molar-refractivity contribution in [3.8, 4) is 0 Å². The summed E-state index contributed by atoms with van der Waals surface area (Å²) in [4.78, 5) is 21.8. The molecule has 2 amide bonds. The zero-order chi connectivity index (χ0) is 14.4. The minimum atomic E-state index is -1.34. The molecule has 0 aliphatic carbocycles. The minimum absolute atomic E-state index is 0.0260. The Bertz CT molecular complexity index is 511. The second-order valence-electron chi connectivity index (χ2n) is 4.97. The Labute approximate surface area is 114 Å². The molecule has 96 valence electrons. The lowest BCUT2D eigenvalue weighted by Crippen LogP contribution is -2.54. The zero-order valence-electron chi connectivity index (χ0n) is 11.0. The van der Waals surface area contributed by atoms with Gasteiger partial charge in [0.15, 0.2) is 0 Å². The predicted octanol–water partition coefficient (Wildman–Crippen LogP) is 0.503. The Morgan fingerprint density at radius 3 is 2.63 bits per heavy atom. The van der Waals surface area contributed by atoms with Crippen LogP contribution < -0.4 is 4.90 Å². The molecule has 8 heteroatoms. The molecule has 0 N–H and O–H groups in total. The summed E-state index contributed by atoms with van der Waals surface area (Å²) in [5.74, 6) is 0.128. The van der Waals surface area contributed by atoms with Crippen LogP contribution in [0.2, 0.25) is 0 Å². The number of urea groups is 1. The Balaban J connectivity index is 2.51. The van der Waals surface area contributed by atoms with Crippen molar-refractivity contribution in [2.24, 2.45) is 5.92 Å². The van der Waals surface area contributed by atoms with Gasteiger partial charge in [0, 0.05) is 19.3 Å². The van der Waals surface area contributed by atoms with Gasteiger partial charge in [-0.05, 0) is 17.3 Å². The first-order chi connectivity index (χ1) is 8.76. The summed E-state index contributed by atoms with van der Waals surface area (Å²) in [5, 5.41) is -1.34. The Kier molecular flexibility index (Phi) is 3.28. The van der Waals surface area contributed by atoms with Gasteiger partial charge in [0.05, 0.1) is 15.7 Å². The van der Waals surface area contributed by atoms with E-state index in [1.165, 1.54) is 29.1 Å². The predicted molar refractivity (Wildman–Crippen MR) is 70.5 cm³/mol. The highest BCUT2D eigenvalue weighted by atomic mass is 19.1. The number of hydrogen-bond donors (Lipinski definition) is 0. The van der Waals surface area contributed by atoms with E-state index in [0.29, 0.717) is 0 Å². The molecular formula is C11H13B2FN4O. The van der Waals surface area contributed by atoms with Crippen LogP contribution in [0.4, 0.5) is 15.0 Å². The number of likely N-dealkylation sites (N-methyl/N-ethyl adjacent to an activating group) is 1. The van der Waals surface area contributed by atoms with Crippen molar-refractivity contribution in [2.75, 3.05) is 11.9 Å². The van der Waals surface area contributed by atoms with Crippen molar-refractivity contribution >= 4 is 27.5 Å². The third kappa shape index (κ3) is 2.09. The number of carbonyl (C=O) groups excluding carboxylic acids is 1. The fourth-order valence-electron chi connectivity index (χ4n) is 2.38. The first-order valence-corrected chi connectivity index (χ1v) is 5.90. The van der Waals surface area contributed by atoms with Gasteiger partial charge in [-0.1, -0.05) is 13.8 Å². The molecule has 0 spiro atoms. The molecule has 1 unspecified atom stereocenters. The highest BCUT2D eigenvalue weighted by Crippen LogP contribution is 2.34. The molecule has 0 saturated carbocycles. The molecular weight excluding hydrogens is 245 g/mol. The van der Waals surface area contributed by atoms with Crippen LogP contribution in [0.5, 0.6) is 0 Å². The van der Waals surface area contributed by atoms with Crippen molar-refractivity contribution < 1.29 is 9.18 Å². The molecule has 0 aromatic carbocycles. The normalized spacial score (nSPS) is 22.4. The smallest absolute Gasteiger partial charge is 0.324 e. The first kappa shape index (κ1) is 13.8. The fraction of sp³-hybridized carbons (Fsp3) is 0.545. The molecule has 2 rings (SSSR count). The summed E-state index contributed by atoms with van der Waals surface area (Å²) in [6.07, 6.45) is 0.344. The lowest BCUT2D eigenvalue weighted by Gasteiger charge is -2.37. The van der Waals surface area contributed by atoms with E-state index in [2.05, 4.69) is 9.97 Å². The van der Waals surface area contributed by atoms with Crippen LogP contribution in [0.15, 0.2) is 12.3 Å². The zero-order valence-corrected chi connectivity index (χ0v) is 11.0. The van der Waals surface area contributed by atoms with Gasteiger partial charge in [0.2, 0.25) is 0 Å². The number of halogens is 1. The quantitative estimate of drug-likeness (QED) is 0.573. The molecule has 5 nitrogen and oxygen atoms in total. The first-order valence-electron chi connectivity index (χ1n) is 5.90. The second-order valence-corrected chi connectivity index (χ2v) is 4.97. The van der Waals surface area contributed by atoms with Crippen molar-refractivity contribution in [2.45, 2.75) is 25.2 Å². The molecule has 1 aromatic heterocycles. The molecule has 1 fully saturated rings. The van der Waals surface area contributed by atoms with Gasteiger partial charge in [0.1, 0.15) is 5.82 Å². The van der Waals surface area contributed by atoms with E-state index in [9.17, 15) is 9.18 Å². The summed E-state index contributed by atoms with van der Waals surface area (Å²) in [7, 11) is 13.6. The number of nitrogens with zero attached hydrogens (tertiary/aromatic N) is 4. The lowest BCUT2D eigenvalue weighted by molar-refractivity contribution is 0.221. The van der Waals surface area contributed by atoms with E-state index in [1.54, 1.807) is 0 Å². The van der Waals surface area contributed by atoms with Crippen LogP contribution in [0, 0.1) is 12.0 Å².